The first-order chi connectivity index (χ1) is 8.08. The van der Waals surface area contributed by atoms with Crippen LogP contribution in [0.15, 0.2) is 30.5 Å². The molecule has 1 aromatic carbocycles. The number of carbonyl (C=O) groups is 1. The van der Waals surface area contributed by atoms with Crippen LogP contribution in [0.5, 0.6) is 0 Å². The molecule has 89 valence electrons. The molecule has 0 saturated heterocycles. The minimum absolute atomic E-state index is 0. The van der Waals surface area contributed by atoms with Gasteiger partial charge in [-0.3, -0.25) is 4.79 Å². The van der Waals surface area contributed by atoms with Gasteiger partial charge in [0.15, 0.2) is 11.6 Å². The monoisotopic (exact) mass is 315 g/mol. The third-order valence-corrected chi connectivity index (χ3v) is 2.36. The van der Waals surface area contributed by atoms with E-state index in [-0.39, 0.29) is 50.0 Å². The van der Waals surface area contributed by atoms with Crippen LogP contribution in [0.25, 0.3) is 11.3 Å². The number of rotatable bonds is 2. The molecule has 18 heavy (non-hydrogen) atoms. The first-order valence-electron chi connectivity index (χ1n) is 5.14. The number of benzene rings is 1. The van der Waals surface area contributed by atoms with Gasteiger partial charge in [-0.05, 0) is 0 Å². The number of ketones is 1. The molecule has 0 saturated carbocycles. The van der Waals surface area contributed by atoms with Gasteiger partial charge in [-0.15, -0.1) is 6.07 Å². The Kier molecular flexibility index (Phi) is 4.99. The van der Waals surface area contributed by atoms with Gasteiger partial charge < -0.3 is 5.73 Å². The van der Waals surface area contributed by atoms with Crippen LogP contribution in [0.4, 0.5) is 5.82 Å². The quantitative estimate of drug-likeness (QED) is 0.681. The van der Waals surface area contributed by atoms with E-state index in [0.29, 0.717) is 5.69 Å². The molecule has 1 aromatic heterocycles. The minimum Gasteiger partial charge on any atom is -0.382 e. The molecule has 2 N–H and O–H groups in total. The van der Waals surface area contributed by atoms with Gasteiger partial charge >= 0.3 is 0 Å². The SMILES string of the molecule is [CH2-]c1cccc(-c2cnc(N)c(C(C)=O)n2)c1.[Y]. The van der Waals surface area contributed by atoms with Crippen LogP contribution >= 0.6 is 0 Å². The Morgan fingerprint density at radius 3 is 2.72 bits per heavy atom. The van der Waals surface area contributed by atoms with E-state index in [0.717, 1.165) is 11.1 Å². The van der Waals surface area contributed by atoms with Crippen LogP contribution in [0.3, 0.4) is 0 Å². The number of hydrogen-bond donors (Lipinski definition) is 1. The maximum Gasteiger partial charge on any atom is 0.181 e. The molecule has 0 aliphatic rings. The Bertz CT molecular complexity index is 584. The fourth-order valence-electron chi connectivity index (χ4n) is 1.53. The molecule has 0 amide bonds. The van der Waals surface area contributed by atoms with Crippen LogP contribution in [0.1, 0.15) is 23.0 Å². The number of nitrogens with two attached hydrogens (primary N) is 1. The zero-order chi connectivity index (χ0) is 12.4. The Hall–Kier alpha value is -1.26. The standard InChI is InChI=1S/C13H12N3O.Y/c1-8-4-3-5-10(6-8)11-7-15-13(14)12(16-11)9(2)17;/h3-7H,1H2,2H3,(H2,14,15);/q-1;. The topological polar surface area (TPSA) is 68.9 Å². The average Bonchev–Trinajstić information content (AvgIpc) is 2.29. The van der Waals surface area contributed by atoms with E-state index in [1.165, 1.54) is 6.92 Å². The third-order valence-electron chi connectivity index (χ3n) is 2.36. The second-order valence-corrected chi connectivity index (χ2v) is 3.75. The average molecular weight is 315 g/mol. The van der Waals surface area contributed by atoms with E-state index in [4.69, 9.17) is 5.73 Å². The molecule has 0 spiro atoms. The Morgan fingerprint density at radius 1 is 1.39 bits per heavy atom. The van der Waals surface area contributed by atoms with Crippen molar-refractivity contribution in [1.29, 1.82) is 0 Å². The van der Waals surface area contributed by atoms with Crippen molar-refractivity contribution < 1.29 is 37.5 Å². The van der Waals surface area contributed by atoms with Crippen molar-refractivity contribution in [2.45, 2.75) is 6.92 Å². The summed E-state index contributed by atoms with van der Waals surface area (Å²) >= 11 is 0. The van der Waals surface area contributed by atoms with E-state index in [1.54, 1.807) is 6.20 Å². The molecule has 2 aromatic rings. The smallest absolute Gasteiger partial charge is 0.181 e. The van der Waals surface area contributed by atoms with Crippen LogP contribution in [0.2, 0.25) is 0 Å². The molecule has 5 heteroatoms. The zero-order valence-corrected chi connectivity index (χ0v) is 12.9. The summed E-state index contributed by atoms with van der Waals surface area (Å²) in [5.41, 5.74) is 8.17. The largest absolute Gasteiger partial charge is 0.382 e. The van der Waals surface area contributed by atoms with Gasteiger partial charge in [0, 0.05) is 39.6 Å². The molecule has 0 atom stereocenters. The summed E-state index contributed by atoms with van der Waals surface area (Å²) < 4.78 is 0. The molecule has 1 radical (unpaired) electrons. The fourth-order valence-corrected chi connectivity index (χ4v) is 1.53. The van der Waals surface area contributed by atoms with Crippen molar-refractivity contribution in [2.24, 2.45) is 0 Å². The van der Waals surface area contributed by atoms with Crippen molar-refractivity contribution in [2.75, 3.05) is 5.73 Å². The second kappa shape index (κ2) is 6.07. The molecule has 0 aliphatic heterocycles. The van der Waals surface area contributed by atoms with Crippen molar-refractivity contribution in [3.63, 3.8) is 0 Å². The zero-order valence-electron chi connectivity index (χ0n) is 10.1. The summed E-state index contributed by atoms with van der Waals surface area (Å²) in [5, 5.41) is 0. The maximum atomic E-state index is 11.3. The van der Waals surface area contributed by atoms with Crippen LogP contribution in [0, 0.1) is 6.92 Å². The molecule has 1 heterocycles. The van der Waals surface area contributed by atoms with Crippen molar-refractivity contribution >= 4 is 11.6 Å². The van der Waals surface area contributed by atoms with Gasteiger partial charge in [-0.2, -0.15) is 24.6 Å². The minimum atomic E-state index is -0.192. The van der Waals surface area contributed by atoms with Gasteiger partial charge in [0.2, 0.25) is 0 Å². The van der Waals surface area contributed by atoms with Gasteiger partial charge in [-0.25, -0.2) is 9.97 Å². The van der Waals surface area contributed by atoms with E-state index >= 15 is 0 Å². The van der Waals surface area contributed by atoms with Crippen LogP contribution in [-0.4, -0.2) is 15.8 Å². The summed E-state index contributed by atoms with van der Waals surface area (Å²) in [6.07, 6.45) is 1.55. The summed E-state index contributed by atoms with van der Waals surface area (Å²) in [6, 6.07) is 7.53. The second-order valence-electron chi connectivity index (χ2n) is 3.75. The first kappa shape index (κ1) is 14.8. The van der Waals surface area contributed by atoms with E-state index in [9.17, 15) is 4.79 Å². The Balaban J connectivity index is 0.00000162. The van der Waals surface area contributed by atoms with Gasteiger partial charge in [-0.1, -0.05) is 11.6 Å². The molecule has 4 nitrogen and oxygen atoms in total. The summed E-state index contributed by atoms with van der Waals surface area (Å²) in [6.45, 7) is 5.26. The maximum absolute atomic E-state index is 11.3. The number of aromatic nitrogens is 2. The molecular weight excluding hydrogens is 303 g/mol. The number of nitrogens with zero attached hydrogens (tertiary/aromatic N) is 2. The predicted octanol–water partition coefficient (Wildman–Crippen LogP) is 2.11. The molecule has 0 aliphatic carbocycles. The van der Waals surface area contributed by atoms with Crippen molar-refractivity contribution in [3.05, 3.63) is 48.6 Å². The van der Waals surface area contributed by atoms with Crippen LogP contribution in [-0.2, 0) is 32.7 Å². The Labute approximate surface area is 131 Å². The fraction of sp³-hybridized carbons (Fsp3) is 0.0769. The number of hydrogen-bond acceptors (Lipinski definition) is 4. The number of nitrogen functional groups attached to an aromatic ring is 1. The van der Waals surface area contributed by atoms with Crippen LogP contribution < -0.4 is 5.73 Å². The van der Waals surface area contributed by atoms with Gasteiger partial charge in [0.1, 0.15) is 5.69 Å². The van der Waals surface area contributed by atoms with E-state index in [2.05, 4.69) is 16.9 Å². The molecular formula is C13H12N3OY-. The van der Waals surface area contributed by atoms with E-state index < -0.39 is 0 Å². The normalized spacial score (nSPS) is 9.61. The first-order valence-corrected chi connectivity index (χ1v) is 5.14. The van der Waals surface area contributed by atoms with Crippen molar-refractivity contribution in [1.82, 2.24) is 9.97 Å². The third kappa shape index (κ3) is 3.15. The Morgan fingerprint density at radius 2 is 2.11 bits per heavy atom. The number of carbonyl (C=O) groups excluding carboxylic acids is 1. The molecule has 2 rings (SSSR count). The van der Waals surface area contributed by atoms with Gasteiger partial charge in [0.05, 0.1) is 11.9 Å². The summed E-state index contributed by atoms with van der Waals surface area (Å²) in [5.74, 6) is -0.0327. The van der Waals surface area contributed by atoms with Crippen molar-refractivity contribution in [3.8, 4) is 11.3 Å². The van der Waals surface area contributed by atoms with Gasteiger partial charge in [0.25, 0.3) is 0 Å². The number of Topliss-reactive ketones (excluding diaryl/α,β-unsaturated/α-hetero) is 1. The van der Waals surface area contributed by atoms with E-state index in [1.807, 2.05) is 24.3 Å². The summed E-state index contributed by atoms with van der Waals surface area (Å²) in [4.78, 5) is 19.5. The number of anilines is 1. The predicted molar refractivity (Wildman–Crippen MR) is 66.3 cm³/mol. The summed E-state index contributed by atoms with van der Waals surface area (Å²) in [7, 11) is 0. The molecule has 0 fully saturated rings. The molecule has 0 bridgehead atoms. The molecule has 0 unspecified atom stereocenters.